The summed E-state index contributed by atoms with van der Waals surface area (Å²) in [6.45, 7) is 3.91. The topological polar surface area (TPSA) is 14.2 Å². The Morgan fingerprint density at radius 1 is 1.05 bits per heavy atom. The third kappa shape index (κ3) is 2.02. The van der Waals surface area contributed by atoms with Crippen molar-refractivity contribution in [3.05, 3.63) is 72.9 Å². The van der Waals surface area contributed by atoms with Crippen molar-refractivity contribution in [2.24, 2.45) is 0 Å². The van der Waals surface area contributed by atoms with E-state index in [4.69, 9.17) is 4.74 Å². The number of fused-ring (bicyclic) bond motifs is 1. The van der Waals surface area contributed by atoms with Gasteiger partial charge in [-0.25, -0.2) is 0 Å². The van der Waals surface area contributed by atoms with E-state index in [0.29, 0.717) is 5.76 Å². The number of para-hydroxylation sites is 1. The van der Waals surface area contributed by atoms with Gasteiger partial charge >= 0.3 is 0 Å². The highest BCUT2D eigenvalue weighted by atomic mass is 16.5. The predicted octanol–water partition coefficient (Wildman–Crippen LogP) is 4.25. The highest BCUT2D eigenvalue weighted by Crippen LogP contribution is 2.24. The van der Waals surface area contributed by atoms with E-state index in [9.17, 15) is 0 Å². The standard InChI is InChI=1S/C17H15NO/c1-13(19-2)15-9-8-14-10-11-18(17(14)12-15)16-6-4-3-5-7-16/h3-12H,1H2,2H3. The van der Waals surface area contributed by atoms with Crippen LogP contribution in [0.4, 0.5) is 0 Å². The van der Waals surface area contributed by atoms with Crippen molar-refractivity contribution >= 4 is 16.7 Å². The molecule has 3 aromatic rings. The number of hydrogen-bond acceptors (Lipinski definition) is 1. The van der Waals surface area contributed by atoms with Crippen molar-refractivity contribution in [2.75, 3.05) is 7.11 Å². The molecule has 19 heavy (non-hydrogen) atoms. The molecule has 0 spiro atoms. The van der Waals surface area contributed by atoms with Gasteiger partial charge in [0.05, 0.1) is 12.6 Å². The van der Waals surface area contributed by atoms with Gasteiger partial charge in [-0.2, -0.15) is 0 Å². The lowest BCUT2D eigenvalue weighted by molar-refractivity contribution is 0.371. The fraction of sp³-hybridized carbons (Fsp3) is 0.0588. The lowest BCUT2D eigenvalue weighted by Gasteiger charge is -2.08. The normalized spacial score (nSPS) is 10.6. The van der Waals surface area contributed by atoms with E-state index in [1.807, 2.05) is 24.3 Å². The molecule has 3 rings (SSSR count). The van der Waals surface area contributed by atoms with E-state index < -0.39 is 0 Å². The van der Waals surface area contributed by atoms with Crippen molar-refractivity contribution < 1.29 is 4.74 Å². The summed E-state index contributed by atoms with van der Waals surface area (Å²) in [5, 5.41) is 1.21. The molecule has 0 radical (unpaired) electrons. The number of aromatic nitrogens is 1. The molecular formula is C17H15NO. The van der Waals surface area contributed by atoms with Crippen molar-refractivity contribution in [1.82, 2.24) is 4.57 Å². The minimum atomic E-state index is 0.683. The van der Waals surface area contributed by atoms with Gasteiger partial charge in [0.15, 0.2) is 0 Å². The van der Waals surface area contributed by atoms with Crippen LogP contribution in [-0.4, -0.2) is 11.7 Å². The first kappa shape index (κ1) is 11.6. The largest absolute Gasteiger partial charge is 0.497 e. The van der Waals surface area contributed by atoms with Gasteiger partial charge in [-0.1, -0.05) is 36.9 Å². The number of benzene rings is 2. The molecule has 0 atom stereocenters. The maximum Gasteiger partial charge on any atom is 0.118 e. The molecule has 0 N–H and O–H groups in total. The lowest BCUT2D eigenvalue weighted by atomic mass is 10.1. The molecule has 0 bridgehead atoms. The molecule has 2 nitrogen and oxygen atoms in total. The highest BCUT2D eigenvalue weighted by Gasteiger charge is 2.05. The summed E-state index contributed by atoms with van der Waals surface area (Å²) in [5.41, 5.74) is 3.31. The van der Waals surface area contributed by atoms with E-state index >= 15 is 0 Å². The molecule has 1 heterocycles. The first-order valence-corrected chi connectivity index (χ1v) is 6.19. The molecule has 0 aliphatic carbocycles. The smallest absolute Gasteiger partial charge is 0.118 e. The fourth-order valence-corrected chi connectivity index (χ4v) is 2.23. The van der Waals surface area contributed by atoms with Crippen LogP contribution in [0.25, 0.3) is 22.3 Å². The van der Waals surface area contributed by atoms with Crippen molar-refractivity contribution in [2.45, 2.75) is 0 Å². The van der Waals surface area contributed by atoms with Gasteiger partial charge in [-0.15, -0.1) is 0 Å². The maximum absolute atomic E-state index is 5.20. The molecule has 0 unspecified atom stereocenters. The third-order valence-corrected chi connectivity index (χ3v) is 3.30. The summed E-state index contributed by atoms with van der Waals surface area (Å²) >= 11 is 0. The Bertz CT molecular complexity index is 725. The van der Waals surface area contributed by atoms with Crippen LogP contribution in [-0.2, 0) is 4.74 Å². The summed E-state index contributed by atoms with van der Waals surface area (Å²) < 4.78 is 7.37. The summed E-state index contributed by atoms with van der Waals surface area (Å²) in [6.07, 6.45) is 2.08. The van der Waals surface area contributed by atoms with Gasteiger partial charge < -0.3 is 9.30 Å². The number of ether oxygens (including phenoxy) is 1. The number of hydrogen-bond donors (Lipinski definition) is 0. The molecule has 0 saturated carbocycles. The monoisotopic (exact) mass is 249 g/mol. The van der Waals surface area contributed by atoms with E-state index in [2.05, 4.69) is 47.7 Å². The van der Waals surface area contributed by atoms with Gasteiger partial charge in [0.1, 0.15) is 5.76 Å². The van der Waals surface area contributed by atoms with Crippen LogP contribution in [0, 0.1) is 0 Å². The summed E-state index contributed by atoms with van der Waals surface area (Å²) in [5.74, 6) is 0.683. The zero-order chi connectivity index (χ0) is 13.2. The molecule has 0 fully saturated rings. The predicted molar refractivity (Wildman–Crippen MR) is 79.3 cm³/mol. The van der Waals surface area contributed by atoms with Crippen molar-refractivity contribution in [3.8, 4) is 5.69 Å². The maximum atomic E-state index is 5.20. The Kier molecular flexibility index (Phi) is 2.84. The molecule has 0 saturated heterocycles. The average molecular weight is 249 g/mol. The first-order chi connectivity index (χ1) is 9.29. The molecule has 1 aromatic heterocycles. The number of methoxy groups -OCH3 is 1. The van der Waals surface area contributed by atoms with E-state index in [1.165, 1.54) is 5.39 Å². The fourth-order valence-electron chi connectivity index (χ4n) is 2.23. The van der Waals surface area contributed by atoms with Crippen LogP contribution in [0.3, 0.4) is 0 Å². The lowest BCUT2D eigenvalue weighted by Crippen LogP contribution is -1.92. The Morgan fingerprint density at radius 2 is 1.84 bits per heavy atom. The average Bonchev–Trinajstić information content (AvgIpc) is 2.90. The van der Waals surface area contributed by atoms with Crippen LogP contribution in [0.5, 0.6) is 0 Å². The summed E-state index contributed by atoms with van der Waals surface area (Å²) in [4.78, 5) is 0. The molecule has 2 heteroatoms. The van der Waals surface area contributed by atoms with Crippen LogP contribution in [0.2, 0.25) is 0 Å². The van der Waals surface area contributed by atoms with Gasteiger partial charge in [0.2, 0.25) is 0 Å². The zero-order valence-corrected chi connectivity index (χ0v) is 10.8. The van der Waals surface area contributed by atoms with Crippen LogP contribution in [0.1, 0.15) is 5.56 Å². The Balaban J connectivity index is 2.19. The molecule has 94 valence electrons. The van der Waals surface area contributed by atoms with E-state index in [-0.39, 0.29) is 0 Å². The minimum absolute atomic E-state index is 0.683. The third-order valence-electron chi connectivity index (χ3n) is 3.30. The number of nitrogens with zero attached hydrogens (tertiary/aromatic N) is 1. The Hall–Kier alpha value is -2.48. The van der Waals surface area contributed by atoms with E-state index in [0.717, 1.165) is 16.8 Å². The zero-order valence-electron chi connectivity index (χ0n) is 10.8. The molecule has 2 aromatic carbocycles. The van der Waals surface area contributed by atoms with Crippen LogP contribution in [0.15, 0.2) is 67.4 Å². The van der Waals surface area contributed by atoms with Gasteiger partial charge in [-0.3, -0.25) is 0 Å². The minimum Gasteiger partial charge on any atom is -0.497 e. The van der Waals surface area contributed by atoms with Crippen molar-refractivity contribution in [3.63, 3.8) is 0 Å². The van der Waals surface area contributed by atoms with Gasteiger partial charge in [-0.05, 0) is 29.7 Å². The Labute approximate surface area is 112 Å². The summed E-state index contributed by atoms with van der Waals surface area (Å²) in [7, 11) is 1.64. The highest BCUT2D eigenvalue weighted by molar-refractivity contribution is 5.85. The second kappa shape index (κ2) is 4.65. The van der Waals surface area contributed by atoms with Crippen LogP contribution < -0.4 is 0 Å². The first-order valence-electron chi connectivity index (χ1n) is 6.19. The molecular weight excluding hydrogens is 234 g/mol. The SMILES string of the molecule is C=C(OC)c1ccc2ccn(-c3ccccc3)c2c1. The van der Waals surface area contributed by atoms with Crippen molar-refractivity contribution in [1.29, 1.82) is 0 Å². The molecule has 0 aliphatic heterocycles. The molecule has 0 amide bonds. The second-order valence-electron chi connectivity index (χ2n) is 4.42. The van der Waals surface area contributed by atoms with E-state index in [1.54, 1.807) is 7.11 Å². The summed E-state index contributed by atoms with van der Waals surface area (Å²) in [6, 6.07) is 18.6. The number of rotatable bonds is 3. The Morgan fingerprint density at radius 3 is 2.58 bits per heavy atom. The molecule has 0 aliphatic rings. The second-order valence-corrected chi connectivity index (χ2v) is 4.42. The van der Waals surface area contributed by atoms with Gasteiger partial charge in [0, 0.05) is 17.4 Å². The van der Waals surface area contributed by atoms with Crippen LogP contribution >= 0.6 is 0 Å². The quantitative estimate of drug-likeness (QED) is 0.633. The van der Waals surface area contributed by atoms with Gasteiger partial charge in [0.25, 0.3) is 0 Å².